The van der Waals surface area contributed by atoms with Gasteiger partial charge in [0.15, 0.2) is 0 Å². The number of ether oxygens (including phenoxy) is 2. The molecule has 0 aliphatic carbocycles. The number of hydrogen-bond acceptors (Lipinski definition) is 6. The Morgan fingerprint density at radius 1 is 1.15 bits per heavy atom. The zero-order valence-corrected chi connectivity index (χ0v) is 19.5. The summed E-state index contributed by atoms with van der Waals surface area (Å²) in [5.74, 6) is 0. The van der Waals surface area contributed by atoms with Crippen molar-refractivity contribution >= 4 is 6.09 Å². The highest BCUT2D eigenvalue weighted by atomic mass is 19.4. The van der Waals surface area contributed by atoms with E-state index in [0.29, 0.717) is 18.7 Å². The highest BCUT2D eigenvalue weighted by Gasteiger charge is 2.40. The predicted octanol–water partition coefficient (Wildman–Crippen LogP) is 3.74. The summed E-state index contributed by atoms with van der Waals surface area (Å²) in [6, 6.07) is 4.54. The topological polar surface area (TPSA) is 72.7 Å². The molecule has 0 bridgehead atoms. The quantitative estimate of drug-likeness (QED) is 0.642. The van der Waals surface area contributed by atoms with Gasteiger partial charge in [-0.25, -0.2) is 9.48 Å². The Morgan fingerprint density at radius 3 is 2.39 bits per heavy atom. The third-order valence-electron chi connectivity index (χ3n) is 5.01. The Kier molecular flexibility index (Phi) is 7.32. The first-order valence-electron chi connectivity index (χ1n) is 10.6. The molecule has 1 aromatic heterocycles. The van der Waals surface area contributed by atoms with Crippen molar-refractivity contribution in [1.82, 2.24) is 24.8 Å². The Morgan fingerprint density at radius 2 is 1.82 bits per heavy atom. The minimum Gasteiger partial charge on any atom is -0.444 e. The zero-order valence-electron chi connectivity index (χ0n) is 19.5. The lowest BCUT2D eigenvalue weighted by Gasteiger charge is -2.24. The molecule has 0 saturated carbocycles. The number of likely N-dealkylation sites (tertiary alicyclic amines) is 1. The van der Waals surface area contributed by atoms with Gasteiger partial charge in [0, 0.05) is 13.1 Å². The number of nitrogens with zero attached hydrogens (tertiary/aromatic N) is 5. The van der Waals surface area contributed by atoms with Crippen LogP contribution in [0, 0.1) is 0 Å². The Balaban J connectivity index is 1.73. The summed E-state index contributed by atoms with van der Waals surface area (Å²) in [4.78, 5) is 16.2. The summed E-state index contributed by atoms with van der Waals surface area (Å²) in [6.45, 7) is 6.67. The van der Waals surface area contributed by atoms with Gasteiger partial charge in [-0.1, -0.05) is 17.3 Å². The Labute approximate surface area is 191 Å². The summed E-state index contributed by atoms with van der Waals surface area (Å²) in [5.41, 5.74) is 0.0245. The van der Waals surface area contributed by atoms with Crippen LogP contribution in [0.5, 0.6) is 0 Å². The second-order valence-corrected chi connectivity index (χ2v) is 9.42. The molecule has 0 N–H and O–H groups in total. The van der Waals surface area contributed by atoms with Crippen LogP contribution in [0.4, 0.5) is 18.0 Å². The first kappa shape index (κ1) is 25.0. The molecule has 1 saturated heterocycles. The number of aromatic nitrogens is 3. The van der Waals surface area contributed by atoms with Crippen molar-refractivity contribution in [1.29, 1.82) is 0 Å². The largest absolute Gasteiger partial charge is 0.444 e. The van der Waals surface area contributed by atoms with Crippen LogP contribution in [-0.2, 0) is 28.8 Å². The molecule has 8 nitrogen and oxygen atoms in total. The number of halogens is 3. The average Bonchev–Trinajstić information content (AvgIpc) is 3.31. The van der Waals surface area contributed by atoms with E-state index in [1.165, 1.54) is 12.1 Å². The standard InChI is InChI=1S/C22H30F3N5O3/c1-21(2,3)33-20(31)29-12-18(30-11-17(26-27-30)10-28(4)5)19(13-29)32-14-15-6-8-16(9-7-15)22(23,24)25/h6-9,11,18-19H,10,12-14H2,1-5H3. The van der Waals surface area contributed by atoms with Gasteiger partial charge in [0.2, 0.25) is 0 Å². The molecule has 11 heteroatoms. The maximum Gasteiger partial charge on any atom is 0.416 e. The zero-order chi connectivity index (χ0) is 24.4. The third kappa shape index (κ3) is 6.91. The number of rotatable bonds is 6. The van der Waals surface area contributed by atoms with E-state index in [9.17, 15) is 18.0 Å². The van der Waals surface area contributed by atoms with Gasteiger partial charge in [-0.05, 0) is 52.6 Å². The van der Waals surface area contributed by atoms with Gasteiger partial charge in [-0.15, -0.1) is 5.10 Å². The lowest BCUT2D eigenvalue weighted by atomic mass is 10.1. The second kappa shape index (κ2) is 9.68. The first-order valence-corrected chi connectivity index (χ1v) is 10.6. The van der Waals surface area contributed by atoms with Crippen LogP contribution in [0.1, 0.15) is 43.6 Å². The average molecular weight is 470 g/mol. The van der Waals surface area contributed by atoms with Gasteiger partial charge in [0.25, 0.3) is 0 Å². The summed E-state index contributed by atoms with van der Waals surface area (Å²) < 4.78 is 51.7. The van der Waals surface area contributed by atoms with Gasteiger partial charge in [0.1, 0.15) is 5.60 Å². The van der Waals surface area contributed by atoms with Crippen molar-refractivity contribution in [2.24, 2.45) is 0 Å². The molecule has 1 aliphatic rings. The van der Waals surface area contributed by atoms with E-state index >= 15 is 0 Å². The fourth-order valence-electron chi connectivity index (χ4n) is 3.52. The molecule has 1 aromatic carbocycles. The summed E-state index contributed by atoms with van der Waals surface area (Å²) in [5, 5.41) is 8.41. The molecule has 2 atom stereocenters. The minimum absolute atomic E-state index is 0.0979. The van der Waals surface area contributed by atoms with Crippen LogP contribution in [-0.4, -0.2) is 69.8 Å². The lowest BCUT2D eigenvalue weighted by molar-refractivity contribution is -0.137. The predicted molar refractivity (Wildman–Crippen MR) is 114 cm³/mol. The highest BCUT2D eigenvalue weighted by molar-refractivity contribution is 5.68. The molecule has 1 amide bonds. The molecular formula is C22H30F3N5O3. The molecule has 33 heavy (non-hydrogen) atoms. The molecule has 2 unspecified atom stereocenters. The van der Waals surface area contributed by atoms with E-state index in [1.807, 2.05) is 25.2 Å². The maximum absolute atomic E-state index is 12.8. The molecule has 182 valence electrons. The SMILES string of the molecule is CN(C)Cc1cn(C2CN(C(=O)OC(C)(C)C)CC2OCc2ccc(C(F)(F)F)cc2)nn1. The van der Waals surface area contributed by atoms with Gasteiger partial charge >= 0.3 is 12.3 Å². The number of hydrogen-bond donors (Lipinski definition) is 0. The van der Waals surface area contributed by atoms with Crippen molar-refractivity contribution < 1.29 is 27.4 Å². The van der Waals surface area contributed by atoms with Crippen molar-refractivity contribution in [2.75, 3.05) is 27.2 Å². The lowest BCUT2D eigenvalue weighted by Crippen LogP contribution is -2.36. The van der Waals surface area contributed by atoms with Crippen LogP contribution >= 0.6 is 0 Å². The molecule has 1 aliphatic heterocycles. The summed E-state index contributed by atoms with van der Waals surface area (Å²) in [6.07, 6.45) is -3.46. The monoisotopic (exact) mass is 469 g/mol. The van der Waals surface area contributed by atoms with Crippen LogP contribution in [0.2, 0.25) is 0 Å². The van der Waals surface area contributed by atoms with E-state index in [1.54, 1.807) is 30.4 Å². The van der Waals surface area contributed by atoms with Crippen LogP contribution < -0.4 is 0 Å². The summed E-state index contributed by atoms with van der Waals surface area (Å²) >= 11 is 0. The van der Waals surface area contributed by atoms with Gasteiger partial charge in [-0.3, -0.25) is 0 Å². The van der Waals surface area contributed by atoms with Crippen LogP contribution in [0.25, 0.3) is 0 Å². The van der Waals surface area contributed by atoms with E-state index in [2.05, 4.69) is 10.3 Å². The van der Waals surface area contributed by atoms with Crippen LogP contribution in [0.3, 0.4) is 0 Å². The molecule has 2 heterocycles. The molecule has 3 rings (SSSR count). The van der Waals surface area contributed by atoms with Crippen molar-refractivity contribution in [3.8, 4) is 0 Å². The molecular weight excluding hydrogens is 439 g/mol. The fraction of sp³-hybridized carbons (Fsp3) is 0.591. The van der Waals surface area contributed by atoms with Gasteiger partial charge in [-0.2, -0.15) is 13.2 Å². The van der Waals surface area contributed by atoms with E-state index in [0.717, 1.165) is 17.8 Å². The van der Waals surface area contributed by atoms with E-state index < -0.39 is 29.5 Å². The smallest absolute Gasteiger partial charge is 0.416 e. The molecule has 1 fully saturated rings. The van der Waals surface area contributed by atoms with Gasteiger partial charge in [0.05, 0.1) is 42.8 Å². The normalized spacial score (nSPS) is 19.4. The van der Waals surface area contributed by atoms with E-state index in [4.69, 9.17) is 9.47 Å². The molecule has 0 radical (unpaired) electrons. The van der Waals surface area contributed by atoms with E-state index in [-0.39, 0.29) is 19.2 Å². The first-order chi connectivity index (χ1) is 15.3. The second-order valence-electron chi connectivity index (χ2n) is 9.42. The Hall–Kier alpha value is -2.66. The van der Waals surface area contributed by atoms with Crippen molar-refractivity contribution in [3.05, 3.63) is 47.3 Å². The van der Waals surface area contributed by atoms with Crippen molar-refractivity contribution in [2.45, 2.75) is 57.8 Å². The maximum atomic E-state index is 12.8. The number of carbonyl (C=O) groups excluding carboxylic acids is 1. The number of amides is 1. The minimum atomic E-state index is -4.39. The number of alkyl halides is 3. The summed E-state index contributed by atoms with van der Waals surface area (Å²) in [7, 11) is 3.85. The van der Waals surface area contributed by atoms with Crippen LogP contribution in [0.15, 0.2) is 30.5 Å². The Bertz CT molecular complexity index is 938. The van der Waals surface area contributed by atoms with Gasteiger partial charge < -0.3 is 19.3 Å². The van der Waals surface area contributed by atoms with Crippen molar-refractivity contribution in [3.63, 3.8) is 0 Å². The molecule has 2 aromatic rings. The number of carbonyl (C=O) groups is 1. The molecule has 0 spiro atoms. The number of benzene rings is 1. The fourth-order valence-corrected chi connectivity index (χ4v) is 3.52. The third-order valence-corrected chi connectivity index (χ3v) is 5.01. The highest BCUT2D eigenvalue weighted by Crippen LogP contribution is 2.30.